The Morgan fingerprint density at radius 2 is 2.26 bits per heavy atom. The number of anilines is 1. The highest BCUT2D eigenvalue weighted by Gasteiger charge is 2.34. The molecule has 1 aromatic carbocycles. The molecule has 1 aliphatic carbocycles. The molecular weight excluding hydrogens is 240 g/mol. The van der Waals surface area contributed by atoms with Gasteiger partial charge in [0.25, 0.3) is 0 Å². The van der Waals surface area contributed by atoms with Gasteiger partial charge in [0.05, 0.1) is 7.11 Å². The molecule has 2 aliphatic rings. The van der Waals surface area contributed by atoms with Crippen molar-refractivity contribution in [3.63, 3.8) is 0 Å². The van der Waals surface area contributed by atoms with Crippen LogP contribution in [-0.2, 0) is 11.2 Å². The Balaban J connectivity index is 1.80. The van der Waals surface area contributed by atoms with E-state index in [-0.39, 0.29) is 17.9 Å². The van der Waals surface area contributed by atoms with Crippen LogP contribution in [0.25, 0.3) is 0 Å². The minimum absolute atomic E-state index is 0.114. The number of fused-ring (bicyclic) bond motifs is 1. The summed E-state index contributed by atoms with van der Waals surface area (Å²) in [5.41, 5.74) is 8.16. The van der Waals surface area contributed by atoms with Crippen molar-refractivity contribution in [3.8, 4) is 5.75 Å². The summed E-state index contributed by atoms with van der Waals surface area (Å²) < 4.78 is 5.23. The first-order valence-electron chi connectivity index (χ1n) is 6.93. The van der Waals surface area contributed by atoms with Gasteiger partial charge in [0, 0.05) is 24.2 Å². The van der Waals surface area contributed by atoms with Crippen LogP contribution in [0.15, 0.2) is 18.2 Å². The molecule has 1 saturated carbocycles. The molecule has 4 nitrogen and oxygen atoms in total. The molecule has 102 valence electrons. The van der Waals surface area contributed by atoms with Crippen molar-refractivity contribution in [3.05, 3.63) is 23.8 Å². The predicted molar refractivity (Wildman–Crippen MR) is 74.4 cm³/mol. The second-order valence-corrected chi connectivity index (χ2v) is 5.50. The number of ether oxygens (including phenoxy) is 1. The van der Waals surface area contributed by atoms with Crippen LogP contribution in [0.3, 0.4) is 0 Å². The zero-order valence-electron chi connectivity index (χ0n) is 11.3. The van der Waals surface area contributed by atoms with E-state index in [0.29, 0.717) is 0 Å². The van der Waals surface area contributed by atoms with Crippen LogP contribution in [-0.4, -0.2) is 25.6 Å². The SMILES string of the molecule is COc1ccc2c(c1)CCN2C(=O)C1CCC(N)C1. The summed E-state index contributed by atoms with van der Waals surface area (Å²) in [6, 6.07) is 6.15. The fraction of sp³-hybridized carbons (Fsp3) is 0.533. The highest BCUT2D eigenvalue weighted by Crippen LogP contribution is 2.34. The molecule has 2 atom stereocenters. The zero-order chi connectivity index (χ0) is 13.4. The molecule has 19 heavy (non-hydrogen) atoms. The minimum atomic E-state index is 0.114. The maximum absolute atomic E-state index is 12.5. The number of nitrogens with zero attached hydrogens (tertiary/aromatic N) is 1. The fourth-order valence-electron chi connectivity index (χ4n) is 3.20. The topological polar surface area (TPSA) is 55.6 Å². The predicted octanol–water partition coefficient (Wildman–Crippen LogP) is 1.71. The number of hydrogen-bond donors (Lipinski definition) is 1. The number of amides is 1. The van der Waals surface area contributed by atoms with Gasteiger partial charge in [-0.05, 0) is 49.4 Å². The van der Waals surface area contributed by atoms with Crippen LogP contribution < -0.4 is 15.4 Å². The van der Waals surface area contributed by atoms with E-state index in [4.69, 9.17) is 10.5 Å². The van der Waals surface area contributed by atoms with Gasteiger partial charge < -0.3 is 15.4 Å². The molecule has 1 aliphatic heterocycles. The molecule has 2 unspecified atom stereocenters. The van der Waals surface area contributed by atoms with Gasteiger partial charge in [0.1, 0.15) is 5.75 Å². The van der Waals surface area contributed by atoms with E-state index in [1.54, 1.807) is 7.11 Å². The lowest BCUT2D eigenvalue weighted by Crippen LogP contribution is -2.34. The largest absolute Gasteiger partial charge is 0.497 e. The lowest BCUT2D eigenvalue weighted by molar-refractivity contribution is -0.122. The molecule has 1 heterocycles. The molecule has 1 fully saturated rings. The summed E-state index contributed by atoms with van der Waals surface area (Å²) >= 11 is 0. The standard InChI is InChI=1S/C15H20N2O2/c1-19-13-4-5-14-10(9-13)6-7-17(14)15(18)11-2-3-12(16)8-11/h4-5,9,11-12H,2-3,6-8,16H2,1H3. The molecule has 1 aromatic rings. The molecule has 4 heteroatoms. The number of nitrogens with two attached hydrogens (primary N) is 1. The lowest BCUT2D eigenvalue weighted by atomic mass is 10.1. The van der Waals surface area contributed by atoms with Crippen LogP contribution in [0.4, 0.5) is 5.69 Å². The highest BCUT2D eigenvalue weighted by molar-refractivity contribution is 5.97. The van der Waals surface area contributed by atoms with E-state index in [0.717, 1.165) is 43.7 Å². The first kappa shape index (κ1) is 12.5. The van der Waals surface area contributed by atoms with Gasteiger partial charge in [-0.3, -0.25) is 4.79 Å². The fourth-order valence-corrected chi connectivity index (χ4v) is 3.20. The number of benzene rings is 1. The summed E-state index contributed by atoms with van der Waals surface area (Å²) in [6.07, 6.45) is 3.65. The van der Waals surface area contributed by atoms with Gasteiger partial charge in [-0.1, -0.05) is 0 Å². The number of methoxy groups -OCH3 is 1. The van der Waals surface area contributed by atoms with Gasteiger partial charge in [-0.25, -0.2) is 0 Å². The Morgan fingerprint density at radius 1 is 1.42 bits per heavy atom. The maximum atomic E-state index is 12.5. The molecule has 0 radical (unpaired) electrons. The Morgan fingerprint density at radius 3 is 2.95 bits per heavy atom. The van der Waals surface area contributed by atoms with Crippen LogP contribution in [0.5, 0.6) is 5.75 Å². The maximum Gasteiger partial charge on any atom is 0.230 e. The summed E-state index contributed by atoms with van der Waals surface area (Å²) in [4.78, 5) is 14.5. The van der Waals surface area contributed by atoms with Crippen LogP contribution in [0.1, 0.15) is 24.8 Å². The van der Waals surface area contributed by atoms with Crippen LogP contribution in [0, 0.1) is 5.92 Å². The van der Waals surface area contributed by atoms with Crippen molar-refractivity contribution in [1.82, 2.24) is 0 Å². The Bertz CT molecular complexity index is 501. The molecule has 0 aromatic heterocycles. The van der Waals surface area contributed by atoms with E-state index >= 15 is 0 Å². The van der Waals surface area contributed by atoms with E-state index in [2.05, 4.69) is 0 Å². The quantitative estimate of drug-likeness (QED) is 0.880. The number of hydrogen-bond acceptors (Lipinski definition) is 3. The van der Waals surface area contributed by atoms with Crippen molar-refractivity contribution in [2.24, 2.45) is 11.7 Å². The average Bonchev–Trinajstić information content (AvgIpc) is 3.03. The summed E-state index contributed by atoms with van der Waals surface area (Å²) in [5, 5.41) is 0. The summed E-state index contributed by atoms with van der Waals surface area (Å²) in [5.74, 6) is 1.22. The number of carbonyl (C=O) groups excluding carboxylic acids is 1. The summed E-state index contributed by atoms with van der Waals surface area (Å²) in [6.45, 7) is 0.785. The molecule has 0 bridgehead atoms. The van der Waals surface area contributed by atoms with Gasteiger partial charge in [-0.15, -0.1) is 0 Å². The molecule has 0 saturated heterocycles. The average molecular weight is 260 g/mol. The molecule has 2 N–H and O–H groups in total. The Kier molecular flexibility index (Phi) is 3.19. The van der Waals surface area contributed by atoms with E-state index in [9.17, 15) is 4.79 Å². The minimum Gasteiger partial charge on any atom is -0.497 e. The van der Waals surface area contributed by atoms with Crippen LogP contribution >= 0.6 is 0 Å². The number of rotatable bonds is 2. The van der Waals surface area contributed by atoms with E-state index in [1.165, 1.54) is 5.56 Å². The molecule has 0 spiro atoms. The lowest BCUT2D eigenvalue weighted by Gasteiger charge is -2.21. The van der Waals surface area contributed by atoms with Gasteiger partial charge in [-0.2, -0.15) is 0 Å². The van der Waals surface area contributed by atoms with E-state index < -0.39 is 0 Å². The van der Waals surface area contributed by atoms with Gasteiger partial charge >= 0.3 is 0 Å². The number of carbonyl (C=O) groups is 1. The second-order valence-electron chi connectivity index (χ2n) is 5.50. The first-order valence-corrected chi connectivity index (χ1v) is 6.93. The van der Waals surface area contributed by atoms with Crippen molar-refractivity contribution in [2.45, 2.75) is 31.7 Å². The highest BCUT2D eigenvalue weighted by atomic mass is 16.5. The van der Waals surface area contributed by atoms with Crippen molar-refractivity contribution in [2.75, 3.05) is 18.6 Å². The Labute approximate surface area is 113 Å². The van der Waals surface area contributed by atoms with Gasteiger partial charge in [0.15, 0.2) is 0 Å². The molecule has 1 amide bonds. The molecule has 3 rings (SSSR count). The third-order valence-corrected chi connectivity index (χ3v) is 4.27. The summed E-state index contributed by atoms with van der Waals surface area (Å²) in [7, 11) is 1.67. The van der Waals surface area contributed by atoms with Crippen molar-refractivity contribution < 1.29 is 9.53 Å². The first-order chi connectivity index (χ1) is 9.19. The van der Waals surface area contributed by atoms with E-state index in [1.807, 2.05) is 23.1 Å². The third-order valence-electron chi connectivity index (χ3n) is 4.27. The van der Waals surface area contributed by atoms with Crippen LogP contribution in [0.2, 0.25) is 0 Å². The second kappa shape index (κ2) is 4.85. The van der Waals surface area contributed by atoms with Gasteiger partial charge in [0.2, 0.25) is 5.91 Å². The Hall–Kier alpha value is -1.55. The molecular formula is C15H20N2O2. The third kappa shape index (κ3) is 2.21. The monoisotopic (exact) mass is 260 g/mol. The zero-order valence-corrected chi connectivity index (χ0v) is 11.3. The van der Waals surface area contributed by atoms with Crippen molar-refractivity contribution in [1.29, 1.82) is 0 Å². The van der Waals surface area contributed by atoms with Crippen molar-refractivity contribution >= 4 is 11.6 Å². The normalized spacial score (nSPS) is 25.5. The smallest absolute Gasteiger partial charge is 0.230 e.